The van der Waals surface area contributed by atoms with Crippen LogP contribution in [0.25, 0.3) is 0 Å². The van der Waals surface area contributed by atoms with Crippen LogP contribution in [0.1, 0.15) is 18.4 Å². The lowest BCUT2D eigenvalue weighted by Gasteiger charge is -2.18. The Bertz CT molecular complexity index is 373. The maximum Gasteiger partial charge on any atom is 0.129 e. The van der Waals surface area contributed by atoms with E-state index in [-0.39, 0.29) is 5.82 Å². The lowest BCUT2D eigenvalue weighted by Crippen LogP contribution is -2.24. The smallest absolute Gasteiger partial charge is 0.129 e. The molecule has 1 aliphatic carbocycles. The average molecular weight is 252 g/mol. The van der Waals surface area contributed by atoms with Gasteiger partial charge in [0, 0.05) is 30.9 Å². The summed E-state index contributed by atoms with van der Waals surface area (Å²) in [5.74, 6) is 0.554. The zero-order chi connectivity index (χ0) is 13.0. The SMILES string of the molecule is CN(CCOCC1CC1)Cc1c(N)cccc1F. The van der Waals surface area contributed by atoms with Gasteiger partial charge in [-0.15, -0.1) is 0 Å². The van der Waals surface area contributed by atoms with Gasteiger partial charge in [-0.25, -0.2) is 4.39 Å². The molecular weight excluding hydrogens is 231 g/mol. The molecule has 0 saturated heterocycles. The number of anilines is 1. The quantitative estimate of drug-likeness (QED) is 0.597. The Morgan fingerprint density at radius 2 is 2.22 bits per heavy atom. The summed E-state index contributed by atoms with van der Waals surface area (Å²) >= 11 is 0. The van der Waals surface area contributed by atoms with E-state index >= 15 is 0 Å². The third kappa shape index (κ3) is 3.96. The largest absolute Gasteiger partial charge is 0.398 e. The fraction of sp³-hybridized carbons (Fsp3) is 0.571. The third-order valence-electron chi connectivity index (χ3n) is 3.25. The Kier molecular flexibility index (Phi) is 4.55. The summed E-state index contributed by atoms with van der Waals surface area (Å²) in [6.07, 6.45) is 2.61. The molecule has 1 aromatic carbocycles. The zero-order valence-electron chi connectivity index (χ0n) is 10.9. The molecule has 0 spiro atoms. The van der Waals surface area contributed by atoms with Gasteiger partial charge in [-0.05, 0) is 37.9 Å². The molecule has 3 nitrogen and oxygen atoms in total. The van der Waals surface area contributed by atoms with Crippen LogP contribution >= 0.6 is 0 Å². The fourth-order valence-corrected chi connectivity index (χ4v) is 1.85. The van der Waals surface area contributed by atoms with E-state index in [9.17, 15) is 4.39 Å². The Morgan fingerprint density at radius 3 is 2.89 bits per heavy atom. The van der Waals surface area contributed by atoms with Gasteiger partial charge in [0.2, 0.25) is 0 Å². The van der Waals surface area contributed by atoms with E-state index in [0.29, 0.717) is 24.4 Å². The van der Waals surface area contributed by atoms with Crippen molar-refractivity contribution in [1.29, 1.82) is 0 Å². The fourth-order valence-electron chi connectivity index (χ4n) is 1.85. The minimum Gasteiger partial charge on any atom is -0.398 e. The van der Waals surface area contributed by atoms with Gasteiger partial charge >= 0.3 is 0 Å². The first-order valence-corrected chi connectivity index (χ1v) is 6.46. The van der Waals surface area contributed by atoms with Crippen molar-refractivity contribution in [2.45, 2.75) is 19.4 Å². The molecule has 18 heavy (non-hydrogen) atoms. The molecular formula is C14H21FN2O. The number of likely N-dealkylation sites (N-methyl/N-ethyl adjacent to an activating group) is 1. The van der Waals surface area contributed by atoms with Crippen LogP contribution in [0.4, 0.5) is 10.1 Å². The number of nitrogens with zero attached hydrogens (tertiary/aromatic N) is 1. The van der Waals surface area contributed by atoms with E-state index < -0.39 is 0 Å². The number of hydrogen-bond acceptors (Lipinski definition) is 3. The number of nitrogens with two attached hydrogens (primary N) is 1. The lowest BCUT2D eigenvalue weighted by atomic mass is 10.1. The Balaban J connectivity index is 1.73. The average Bonchev–Trinajstić information content (AvgIpc) is 3.14. The highest BCUT2D eigenvalue weighted by Gasteiger charge is 2.21. The molecule has 0 aromatic heterocycles. The van der Waals surface area contributed by atoms with Crippen molar-refractivity contribution < 1.29 is 9.13 Å². The zero-order valence-corrected chi connectivity index (χ0v) is 10.9. The number of benzene rings is 1. The molecule has 0 bridgehead atoms. The van der Waals surface area contributed by atoms with Gasteiger partial charge in [-0.2, -0.15) is 0 Å². The summed E-state index contributed by atoms with van der Waals surface area (Å²) in [5, 5.41) is 0. The molecule has 100 valence electrons. The predicted octanol–water partition coefficient (Wildman–Crippen LogP) is 2.27. The van der Waals surface area contributed by atoms with E-state index in [0.717, 1.165) is 19.1 Å². The number of halogens is 1. The number of hydrogen-bond donors (Lipinski definition) is 1. The maximum absolute atomic E-state index is 13.6. The molecule has 2 N–H and O–H groups in total. The van der Waals surface area contributed by atoms with Crippen LogP contribution in [0.3, 0.4) is 0 Å². The van der Waals surface area contributed by atoms with Gasteiger partial charge in [0.05, 0.1) is 6.61 Å². The molecule has 0 atom stereocenters. The summed E-state index contributed by atoms with van der Waals surface area (Å²) in [4.78, 5) is 2.03. The van der Waals surface area contributed by atoms with Gasteiger partial charge in [0.15, 0.2) is 0 Å². The molecule has 0 radical (unpaired) electrons. The molecule has 0 unspecified atom stereocenters. The van der Waals surface area contributed by atoms with E-state index in [2.05, 4.69) is 0 Å². The second-order valence-corrected chi connectivity index (χ2v) is 5.06. The van der Waals surface area contributed by atoms with Gasteiger partial charge in [-0.1, -0.05) is 6.07 Å². The van der Waals surface area contributed by atoms with Crippen LogP contribution in [0.2, 0.25) is 0 Å². The van der Waals surface area contributed by atoms with Crippen molar-refractivity contribution in [2.24, 2.45) is 5.92 Å². The summed E-state index contributed by atoms with van der Waals surface area (Å²) in [7, 11) is 1.95. The molecule has 1 aromatic rings. The first-order valence-electron chi connectivity index (χ1n) is 6.46. The van der Waals surface area contributed by atoms with E-state index in [1.54, 1.807) is 12.1 Å². The van der Waals surface area contributed by atoms with Crippen LogP contribution in [-0.2, 0) is 11.3 Å². The lowest BCUT2D eigenvalue weighted by molar-refractivity contribution is 0.102. The van der Waals surface area contributed by atoms with Gasteiger partial charge < -0.3 is 10.5 Å². The van der Waals surface area contributed by atoms with Gasteiger partial charge in [-0.3, -0.25) is 4.90 Å². The molecule has 0 heterocycles. The highest BCUT2D eigenvalue weighted by atomic mass is 19.1. The first-order chi connectivity index (χ1) is 8.66. The molecule has 0 aliphatic heterocycles. The second kappa shape index (κ2) is 6.16. The second-order valence-electron chi connectivity index (χ2n) is 5.06. The molecule has 1 saturated carbocycles. The minimum absolute atomic E-state index is 0.235. The highest BCUT2D eigenvalue weighted by Crippen LogP contribution is 2.28. The van der Waals surface area contributed by atoms with Crippen molar-refractivity contribution in [1.82, 2.24) is 4.90 Å². The van der Waals surface area contributed by atoms with Crippen molar-refractivity contribution in [3.8, 4) is 0 Å². The summed E-state index contributed by atoms with van der Waals surface area (Å²) < 4.78 is 19.1. The first kappa shape index (κ1) is 13.3. The van der Waals surface area contributed by atoms with Crippen molar-refractivity contribution >= 4 is 5.69 Å². The third-order valence-corrected chi connectivity index (χ3v) is 3.25. The van der Waals surface area contributed by atoms with E-state index in [4.69, 9.17) is 10.5 Å². The van der Waals surface area contributed by atoms with Crippen molar-refractivity contribution in [2.75, 3.05) is 32.5 Å². The van der Waals surface area contributed by atoms with Gasteiger partial charge in [0.1, 0.15) is 5.82 Å². The molecule has 4 heteroatoms. The number of ether oxygens (including phenoxy) is 1. The minimum atomic E-state index is -0.235. The monoisotopic (exact) mass is 252 g/mol. The normalized spacial score (nSPS) is 15.3. The van der Waals surface area contributed by atoms with E-state index in [1.165, 1.54) is 18.9 Å². The summed E-state index contributed by atoms with van der Waals surface area (Å²) in [5.41, 5.74) is 6.86. The molecule has 1 aliphatic rings. The Hall–Kier alpha value is -1.13. The number of nitrogen functional groups attached to an aromatic ring is 1. The Labute approximate surface area is 108 Å². The Morgan fingerprint density at radius 1 is 1.44 bits per heavy atom. The van der Waals surface area contributed by atoms with Gasteiger partial charge in [0.25, 0.3) is 0 Å². The van der Waals surface area contributed by atoms with E-state index in [1.807, 2.05) is 11.9 Å². The predicted molar refractivity (Wildman–Crippen MR) is 70.7 cm³/mol. The summed E-state index contributed by atoms with van der Waals surface area (Å²) in [6, 6.07) is 4.81. The van der Waals surface area contributed by atoms with Crippen LogP contribution in [0, 0.1) is 11.7 Å². The van der Waals surface area contributed by atoms with Crippen molar-refractivity contribution in [3.05, 3.63) is 29.6 Å². The summed E-state index contributed by atoms with van der Waals surface area (Å²) in [6.45, 7) is 2.88. The number of rotatable bonds is 7. The standard InChI is InChI=1S/C14H21FN2O/c1-17(7-8-18-10-11-5-6-11)9-12-13(15)3-2-4-14(12)16/h2-4,11H,5-10,16H2,1H3. The molecule has 0 amide bonds. The topological polar surface area (TPSA) is 38.5 Å². The highest BCUT2D eigenvalue weighted by molar-refractivity contribution is 5.47. The van der Waals surface area contributed by atoms with Crippen LogP contribution < -0.4 is 5.73 Å². The van der Waals surface area contributed by atoms with Crippen LogP contribution in [-0.4, -0.2) is 31.7 Å². The molecule has 1 fully saturated rings. The van der Waals surface area contributed by atoms with Crippen LogP contribution in [0.15, 0.2) is 18.2 Å². The van der Waals surface area contributed by atoms with Crippen molar-refractivity contribution in [3.63, 3.8) is 0 Å². The maximum atomic E-state index is 13.6. The van der Waals surface area contributed by atoms with Crippen LogP contribution in [0.5, 0.6) is 0 Å². The molecule has 2 rings (SSSR count).